The molecule has 0 aliphatic rings. The van der Waals surface area contributed by atoms with E-state index in [-0.39, 0.29) is 5.54 Å². The van der Waals surface area contributed by atoms with E-state index in [1.165, 1.54) is 0 Å². The van der Waals surface area contributed by atoms with Crippen LogP contribution in [-0.2, 0) is 0 Å². The Morgan fingerprint density at radius 1 is 1.31 bits per heavy atom. The van der Waals surface area contributed by atoms with Gasteiger partial charge >= 0.3 is 0 Å². The number of aromatic nitrogens is 1. The van der Waals surface area contributed by atoms with Crippen molar-refractivity contribution in [1.82, 2.24) is 10.3 Å². The largest absolute Gasteiger partial charge is 0.383 e. The minimum absolute atomic E-state index is 0.114. The van der Waals surface area contributed by atoms with Gasteiger partial charge in [-0.15, -0.1) is 0 Å². The second-order valence-corrected chi connectivity index (χ2v) is 3.72. The topological polar surface area (TPSA) is 37.0 Å². The first-order valence-corrected chi connectivity index (χ1v) is 4.47. The zero-order chi connectivity index (χ0) is 9.73. The van der Waals surface area contributed by atoms with Crippen molar-refractivity contribution in [2.45, 2.75) is 19.4 Å². The van der Waals surface area contributed by atoms with Gasteiger partial charge in [0.25, 0.3) is 0 Å². The third-order valence-corrected chi connectivity index (χ3v) is 2.09. The van der Waals surface area contributed by atoms with Crippen molar-refractivity contribution in [1.29, 1.82) is 0 Å². The van der Waals surface area contributed by atoms with Crippen LogP contribution in [0.5, 0.6) is 0 Å². The van der Waals surface area contributed by atoms with Gasteiger partial charge in [0.2, 0.25) is 0 Å². The standard InChI is InChI=1S/C10H17N3/c1-10(2,11-3)8-13-9-4-6-12-7-5-9/h4-7,11H,8H2,1-3H3,(H,12,13). The van der Waals surface area contributed by atoms with Crippen LogP contribution in [0.4, 0.5) is 5.69 Å². The lowest BCUT2D eigenvalue weighted by Gasteiger charge is -2.24. The number of anilines is 1. The highest BCUT2D eigenvalue weighted by atomic mass is 15.0. The van der Waals surface area contributed by atoms with Crippen molar-refractivity contribution in [2.24, 2.45) is 0 Å². The molecular formula is C10H17N3. The molecule has 0 atom stereocenters. The Bertz CT molecular complexity index is 244. The highest BCUT2D eigenvalue weighted by Gasteiger charge is 2.13. The third-order valence-electron chi connectivity index (χ3n) is 2.09. The van der Waals surface area contributed by atoms with Crippen LogP contribution in [-0.4, -0.2) is 24.1 Å². The van der Waals surface area contributed by atoms with E-state index < -0.39 is 0 Å². The Kier molecular flexibility index (Phi) is 3.25. The van der Waals surface area contributed by atoms with E-state index in [0.717, 1.165) is 12.2 Å². The molecule has 0 saturated heterocycles. The summed E-state index contributed by atoms with van der Waals surface area (Å²) >= 11 is 0. The van der Waals surface area contributed by atoms with Crippen LogP contribution in [0.15, 0.2) is 24.5 Å². The highest BCUT2D eigenvalue weighted by Crippen LogP contribution is 2.06. The van der Waals surface area contributed by atoms with Gasteiger partial charge in [-0.25, -0.2) is 0 Å². The maximum atomic E-state index is 3.95. The van der Waals surface area contributed by atoms with Crippen molar-refractivity contribution in [2.75, 3.05) is 18.9 Å². The van der Waals surface area contributed by atoms with Crippen molar-refractivity contribution in [3.8, 4) is 0 Å². The minimum atomic E-state index is 0.114. The van der Waals surface area contributed by atoms with Gasteiger partial charge in [-0.05, 0) is 33.0 Å². The fourth-order valence-electron chi connectivity index (χ4n) is 0.881. The van der Waals surface area contributed by atoms with E-state index in [1.807, 2.05) is 19.2 Å². The van der Waals surface area contributed by atoms with Crippen molar-refractivity contribution >= 4 is 5.69 Å². The van der Waals surface area contributed by atoms with Crippen LogP contribution in [0.25, 0.3) is 0 Å². The number of hydrogen-bond donors (Lipinski definition) is 2. The Morgan fingerprint density at radius 2 is 1.92 bits per heavy atom. The molecule has 1 aromatic heterocycles. The van der Waals surface area contributed by atoms with E-state index in [2.05, 4.69) is 29.5 Å². The molecule has 0 bridgehead atoms. The van der Waals surface area contributed by atoms with Gasteiger partial charge in [0.1, 0.15) is 0 Å². The third kappa shape index (κ3) is 3.42. The smallest absolute Gasteiger partial charge is 0.0371 e. The molecule has 0 aromatic carbocycles. The number of hydrogen-bond acceptors (Lipinski definition) is 3. The van der Waals surface area contributed by atoms with Crippen LogP contribution < -0.4 is 10.6 Å². The maximum Gasteiger partial charge on any atom is 0.0371 e. The molecule has 1 aromatic rings. The number of pyridine rings is 1. The summed E-state index contributed by atoms with van der Waals surface area (Å²) in [6.45, 7) is 5.20. The van der Waals surface area contributed by atoms with Crippen LogP contribution in [0, 0.1) is 0 Å². The summed E-state index contributed by atoms with van der Waals surface area (Å²) in [4.78, 5) is 3.95. The monoisotopic (exact) mass is 179 g/mol. The first-order valence-electron chi connectivity index (χ1n) is 4.47. The summed E-state index contributed by atoms with van der Waals surface area (Å²) in [6.07, 6.45) is 3.57. The van der Waals surface area contributed by atoms with Crippen molar-refractivity contribution in [3.05, 3.63) is 24.5 Å². The average molecular weight is 179 g/mol. The van der Waals surface area contributed by atoms with Gasteiger partial charge in [0, 0.05) is 30.2 Å². The van der Waals surface area contributed by atoms with E-state index in [9.17, 15) is 0 Å². The van der Waals surface area contributed by atoms with Gasteiger partial charge in [-0.3, -0.25) is 4.98 Å². The number of nitrogens with one attached hydrogen (secondary N) is 2. The lowest BCUT2D eigenvalue weighted by molar-refractivity contribution is 0.448. The molecule has 1 heterocycles. The quantitative estimate of drug-likeness (QED) is 0.735. The van der Waals surface area contributed by atoms with Gasteiger partial charge in [-0.2, -0.15) is 0 Å². The van der Waals surface area contributed by atoms with Crippen molar-refractivity contribution < 1.29 is 0 Å². The molecule has 2 N–H and O–H groups in total. The number of nitrogens with zero attached hydrogens (tertiary/aromatic N) is 1. The van der Waals surface area contributed by atoms with Crippen LogP contribution in [0.3, 0.4) is 0 Å². The summed E-state index contributed by atoms with van der Waals surface area (Å²) in [6, 6.07) is 3.93. The Balaban J connectivity index is 2.44. The van der Waals surface area contributed by atoms with E-state index in [4.69, 9.17) is 0 Å². The van der Waals surface area contributed by atoms with Gasteiger partial charge in [0.05, 0.1) is 0 Å². The molecule has 0 radical (unpaired) electrons. The molecule has 0 aliphatic heterocycles. The van der Waals surface area contributed by atoms with Crippen LogP contribution in [0.1, 0.15) is 13.8 Å². The van der Waals surface area contributed by atoms with Crippen molar-refractivity contribution in [3.63, 3.8) is 0 Å². The molecule has 0 unspecified atom stereocenters. The highest BCUT2D eigenvalue weighted by molar-refractivity contribution is 5.41. The van der Waals surface area contributed by atoms with E-state index in [1.54, 1.807) is 12.4 Å². The normalized spacial score (nSPS) is 11.3. The molecule has 0 fully saturated rings. The first kappa shape index (κ1) is 9.99. The second kappa shape index (κ2) is 4.23. The zero-order valence-electron chi connectivity index (χ0n) is 8.46. The number of likely N-dealkylation sites (N-methyl/N-ethyl adjacent to an activating group) is 1. The second-order valence-electron chi connectivity index (χ2n) is 3.72. The first-order chi connectivity index (χ1) is 6.14. The molecule has 0 saturated carbocycles. The van der Waals surface area contributed by atoms with Gasteiger partial charge < -0.3 is 10.6 Å². The zero-order valence-corrected chi connectivity index (χ0v) is 8.46. The molecule has 0 aliphatic carbocycles. The average Bonchev–Trinajstić information content (AvgIpc) is 2.17. The molecule has 3 nitrogen and oxygen atoms in total. The van der Waals surface area contributed by atoms with Gasteiger partial charge in [0.15, 0.2) is 0 Å². The predicted octanol–water partition coefficient (Wildman–Crippen LogP) is 1.49. The van der Waals surface area contributed by atoms with E-state index in [0.29, 0.717) is 0 Å². The summed E-state index contributed by atoms with van der Waals surface area (Å²) in [5.74, 6) is 0. The van der Waals surface area contributed by atoms with E-state index >= 15 is 0 Å². The van der Waals surface area contributed by atoms with Gasteiger partial charge in [-0.1, -0.05) is 0 Å². The maximum absolute atomic E-state index is 3.95. The molecule has 1 rings (SSSR count). The van der Waals surface area contributed by atoms with Crippen LogP contribution in [0.2, 0.25) is 0 Å². The predicted molar refractivity (Wildman–Crippen MR) is 55.9 cm³/mol. The summed E-state index contributed by atoms with van der Waals surface area (Å²) in [7, 11) is 1.97. The molecule has 13 heavy (non-hydrogen) atoms. The lowest BCUT2D eigenvalue weighted by atomic mass is 10.1. The summed E-state index contributed by atoms with van der Waals surface area (Å²) in [5, 5.41) is 6.57. The fraction of sp³-hybridized carbons (Fsp3) is 0.500. The lowest BCUT2D eigenvalue weighted by Crippen LogP contribution is -2.42. The van der Waals surface area contributed by atoms with Crippen LogP contribution >= 0.6 is 0 Å². The summed E-state index contributed by atoms with van der Waals surface area (Å²) < 4.78 is 0. The molecular weight excluding hydrogens is 162 g/mol. The molecule has 72 valence electrons. The molecule has 0 amide bonds. The Hall–Kier alpha value is -1.09. The summed E-state index contributed by atoms with van der Waals surface area (Å²) in [5.41, 5.74) is 1.22. The SMILES string of the molecule is CNC(C)(C)CNc1ccncc1. The Morgan fingerprint density at radius 3 is 2.46 bits per heavy atom. The Labute approximate surface area is 79.6 Å². The minimum Gasteiger partial charge on any atom is -0.383 e. The number of rotatable bonds is 4. The molecule has 3 heteroatoms. The fourth-order valence-corrected chi connectivity index (χ4v) is 0.881. The molecule has 0 spiro atoms.